The van der Waals surface area contributed by atoms with E-state index in [1.807, 2.05) is 0 Å². The molecule has 0 unspecified atom stereocenters. The Hall–Kier alpha value is -3.03. The van der Waals surface area contributed by atoms with Crippen molar-refractivity contribution in [1.29, 1.82) is 0 Å². The first-order chi connectivity index (χ1) is 10.1. The molecule has 1 aromatic carbocycles. The van der Waals surface area contributed by atoms with Gasteiger partial charge in [-0.15, -0.1) is 0 Å². The van der Waals surface area contributed by atoms with Crippen LogP contribution in [0.2, 0.25) is 0 Å². The Bertz CT molecular complexity index is 665. The average molecular weight is 289 g/mol. The number of rotatable bonds is 5. The zero-order valence-electron chi connectivity index (χ0n) is 11.4. The van der Waals surface area contributed by atoms with Crippen LogP contribution < -0.4 is 15.8 Å². The summed E-state index contributed by atoms with van der Waals surface area (Å²) in [4.78, 5) is 12.0. The molecule has 0 bridgehead atoms. The molecule has 8 nitrogen and oxygen atoms in total. The normalized spacial score (nSPS) is 11.2. The summed E-state index contributed by atoms with van der Waals surface area (Å²) in [6, 6.07) is 6.79. The summed E-state index contributed by atoms with van der Waals surface area (Å²) in [5, 5.41) is 17.9. The number of hydrogen-bond acceptors (Lipinski definition) is 5. The van der Waals surface area contributed by atoms with Gasteiger partial charge in [0, 0.05) is 25.0 Å². The van der Waals surface area contributed by atoms with E-state index in [9.17, 15) is 4.79 Å². The monoisotopic (exact) mass is 289 g/mol. The van der Waals surface area contributed by atoms with Gasteiger partial charge in [0.2, 0.25) is 0 Å². The highest BCUT2D eigenvalue weighted by atomic mass is 16.5. The molecule has 4 N–H and O–H groups in total. The molecule has 0 saturated carbocycles. The lowest BCUT2D eigenvalue weighted by Crippen LogP contribution is -2.20. The fourth-order valence-electron chi connectivity index (χ4n) is 1.59. The van der Waals surface area contributed by atoms with Crippen molar-refractivity contribution in [3.05, 3.63) is 42.2 Å². The Morgan fingerprint density at radius 1 is 1.57 bits per heavy atom. The van der Waals surface area contributed by atoms with Gasteiger partial charge in [0.15, 0.2) is 5.84 Å². The molecular weight excluding hydrogens is 274 g/mol. The van der Waals surface area contributed by atoms with Crippen molar-refractivity contribution >= 4 is 17.4 Å². The maximum Gasteiger partial charge on any atom is 0.258 e. The summed E-state index contributed by atoms with van der Waals surface area (Å²) < 4.78 is 6.85. The lowest BCUT2D eigenvalue weighted by Gasteiger charge is -2.08. The number of aryl methyl sites for hydroxylation is 1. The van der Waals surface area contributed by atoms with E-state index >= 15 is 0 Å². The highest BCUT2D eigenvalue weighted by molar-refractivity contribution is 6.04. The Morgan fingerprint density at radius 2 is 2.38 bits per heavy atom. The smallest absolute Gasteiger partial charge is 0.258 e. The number of oxime groups is 1. The van der Waals surface area contributed by atoms with Crippen LogP contribution in [0, 0.1) is 0 Å². The minimum atomic E-state index is -0.267. The van der Waals surface area contributed by atoms with Crippen LogP contribution in [-0.4, -0.2) is 33.3 Å². The SMILES string of the molecule is Cn1cc(C(=O)Nc2cccc(OC/C(N)=N/O)c2)cn1. The van der Waals surface area contributed by atoms with Gasteiger partial charge in [-0.05, 0) is 12.1 Å². The maximum absolute atomic E-state index is 12.0. The first kappa shape index (κ1) is 14.4. The van der Waals surface area contributed by atoms with E-state index in [-0.39, 0.29) is 18.3 Å². The standard InChI is InChI=1S/C13H15N5O3/c1-18-7-9(6-15-18)13(19)16-10-3-2-4-11(5-10)21-8-12(14)17-20/h2-7,20H,8H2,1H3,(H2,14,17)(H,16,19). The Kier molecular flexibility index (Phi) is 4.39. The summed E-state index contributed by atoms with van der Waals surface area (Å²) in [7, 11) is 1.73. The third-order valence-electron chi connectivity index (χ3n) is 2.57. The van der Waals surface area contributed by atoms with Gasteiger partial charge in [-0.3, -0.25) is 9.48 Å². The summed E-state index contributed by atoms with van der Waals surface area (Å²) in [6.45, 7) is -0.0451. The van der Waals surface area contributed by atoms with Gasteiger partial charge in [0.1, 0.15) is 12.4 Å². The summed E-state index contributed by atoms with van der Waals surface area (Å²) >= 11 is 0. The number of carbonyl (C=O) groups excluding carboxylic acids is 1. The number of nitrogens with zero attached hydrogens (tertiary/aromatic N) is 3. The molecule has 0 atom stereocenters. The highest BCUT2D eigenvalue weighted by Gasteiger charge is 2.08. The summed E-state index contributed by atoms with van der Waals surface area (Å²) in [6.07, 6.45) is 3.10. The number of anilines is 1. The van der Waals surface area contributed by atoms with Crippen LogP contribution in [0.3, 0.4) is 0 Å². The first-order valence-electron chi connectivity index (χ1n) is 6.08. The predicted molar refractivity (Wildman–Crippen MR) is 76.5 cm³/mol. The molecule has 2 rings (SSSR count). The topological polar surface area (TPSA) is 115 Å². The number of ether oxygens (including phenoxy) is 1. The average Bonchev–Trinajstić information content (AvgIpc) is 2.92. The zero-order valence-corrected chi connectivity index (χ0v) is 11.4. The van der Waals surface area contributed by atoms with Crippen LogP contribution in [0.5, 0.6) is 5.75 Å². The predicted octanol–water partition coefficient (Wildman–Crippen LogP) is 0.798. The molecule has 110 valence electrons. The number of carbonyl (C=O) groups is 1. The van der Waals surface area contributed by atoms with E-state index in [4.69, 9.17) is 15.7 Å². The van der Waals surface area contributed by atoms with E-state index in [1.165, 1.54) is 6.20 Å². The Labute approximate surface area is 120 Å². The molecule has 1 amide bonds. The first-order valence-corrected chi connectivity index (χ1v) is 6.08. The van der Waals surface area contributed by atoms with Gasteiger partial charge in [-0.1, -0.05) is 11.2 Å². The fraction of sp³-hybridized carbons (Fsp3) is 0.154. The number of hydrogen-bond donors (Lipinski definition) is 3. The molecule has 0 aliphatic rings. The molecule has 0 spiro atoms. The minimum absolute atomic E-state index is 0.0419. The molecule has 0 fully saturated rings. The largest absolute Gasteiger partial charge is 0.485 e. The van der Waals surface area contributed by atoms with Crippen molar-refractivity contribution in [2.45, 2.75) is 0 Å². The van der Waals surface area contributed by atoms with Gasteiger partial charge in [-0.25, -0.2) is 0 Å². The number of amides is 1. The van der Waals surface area contributed by atoms with E-state index < -0.39 is 0 Å². The second-order valence-corrected chi connectivity index (χ2v) is 4.26. The van der Waals surface area contributed by atoms with Gasteiger partial charge < -0.3 is 21.0 Å². The van der Waals surface area contributed by atoms with Crippen molar-refractivity contribution in [3.8, 4) is 5.75 Å². The molecule has 0 aliphatic heterocycles. The van der Waals surface area contributed by atoms with Crippen molar-refractivity contribution in [2.24, 2.45) is 17.9 Å². The van der Waals surface area contributed by atoms with Gasteiger partial charge >= 0.3 is 0 Å². The number of nitrogens with one attached hydrogen (secondary N) is 1. The zero-order chi connectivity index (χ0) is 15.2. The van der Waals surface area contributed by atoms with E-state index in [2.05, 4.69) is 15.6 Å². The van der Waals surface area contributed by atoms with Crippen molar-refractivity contribution in [1.82, 2.24) is 9.78 Å². The summed E-state index contributed by atoms with van der Waals surface area (Å²) in [5.74, 6) is 0.182. The lowest BCUT2D eigenvalue weighted by atomic mass is 10.2. The number of amidine groups is 1. The number of aromatic nitrogens is 2. The molecule has 0 aliphatic carbocycles. The third-order valence-corrected chi connectivity index (χ3v) is 2.57. The number of nitrogens with two attached hydrogens (primary N) is 1. The van der Waals surface area contributed by atoms with E-state index in [0.29, 0.717) is 17.0 Å². The van der Waals surface area contributed by atoms with Crippen LogP contribution in [0.25, 0.3) is 0 Å². The molecule has 1 heterocycles. The second kappa shape index (κ2) is 6.42. The lowest BCUT2D eigenvalue weighted by molar-refractivity contribution is 0.102. The van der Waals surface area contributed by atoms with Crippen LogP contribution in [0.1, 0.15) is 10.4 Å². The van der Waals surface area contributed by atoms with Gasteiger partial charge in [-0.2, -0.15) is 5.10 Å². The molecule has 0 radical (unpaired) electrons. The van der Waals surface area contributed by atoms with E-state index in [1.54, 1.807) is 42.2 Å². The molecule has 1 aromatic heterocycles. The van der Waals surface area contributed by atoms with Crippen LogP contribution in [0.4, 0.5) is 5.69 Å². The quantitative estimate of drug-likeness (QED) is 0.326. The molecule has 2 aromatic rings. The van der Waals surface area contributed by atoms with Crippen molar-refractivity contribution in [3.63, 3.8) is 0 Å². The summed E-state index contributed by atoms with van der Waals surface area (Å²) in [5.41, 5.74) is 6.34. The van der Waals surface area contributed by atoms with Crippen molar-refractivity contribution in [2.75, 3.05) is 11.9 Å². The van der Waals surface area contributed by atoms with Crippen LogP contribution in [-0.2, 0) is 7.05 Å². The Balaban J connectivity index is 2.02. The highest BCUT2D eigenvalue weighted by Crippen LogP contribution is 2.18. The third kappa shape index (κ3) is 3.96. The molecule has 21 heavy (non-hydrogen) atoms. The minimum Gasteiger partial charge on any atom is -0.485 e. The van der Waals surface area contributed by atoms with Crippen molar-refractivity contribution < 1.29 is 14.7 Å². The molecule has 0 saturated heterocycles. The van der Waals surface area contributed by atoms with Gasteiger partial charge in [0.25, 0.3) is 5.91 Å². The second-order valence-electron chi connectivity index (χ2n) is 4.26. The van der Waals surface area contributed by atoms with Crippen LogP contribution >= 0.6 is 0 Å². The molecular formula is C13H15N5O3. The van der Waals surface area contributed by atoms with E-state index in [0.717, 1.165) is 0 Å². The Morgan fingerprint density at radius 3 is 3.05 bits per heavy atom. The molecule has 8 heteroatoms. The van der Waals surface area contributed by atoms with Crippen LogP contribution in [0.15, 0.2) is 41.8 Å². The number of benzene rings is 1. The maximum atomic E-state index is 12.0. The fourth-order valence-corrected chi connectivity index (χ4v) is 1.59. The van der Waals surface area contributed by atoms with Gasteiger partial charge in [0.05, 0.1) is 11.8 Å².